The summed E-state index contributed by atoms with van der Waals surface area (Å²) in [6.45, 7) is 8.27. The van der Waals surface area contributed by atoms with Gasteiger partial charge in [-0.1, -0.05) is 30.0 Å². The summed E-state index contributed by atoms with van der Waals surface area (Å²) in [5.74, 6) is 0.299. The number of thiocarbonyl (C=S) groups is 1. The topological polar surface area (TPSA) is 66.7 Å². The van der Waals surface area contributed by atoms with E-state index in [1.165, 1.54) is 16.2 Å². The molecule has 8 heteroatoms. The van der Waals surface area contributed by atoms with Crippen molar-refractivity contribution in [1.82, 2.24) is 14.3 Å². The number of pyridine rings is 1. The number of aryl methyl sites for hydroxylation is 1. The quantitative estimate of drug-likeness (QED) is 0.641. The van der Waals surface area contributed by atoms with E-state index in [1.807, 2.05) is 33.8 Å². The molecule has 136 valence electrons. The van der Waals surface area contributed by atoms with Gasteiger partial charge in [-0.2, -0.15) is 0 Å². The zero-order valence-corrected chi connectivity index (χ0v) is 16.7. The highest BCUT2D eigenvalue weighted by Gasteiger charge is 2.34. The van der Waals surface area contributed by atoms with Crippen LogP contribution in [0.5, 0.6) is 0 Å². The molecule has 1 saturated heterocycles. The first-order valence-electron chi connectivity index (χ1n) is 8.38. The third-order valence-electron chi connectivity index (χ3n) is 4.04. The molecule has 0 spiro atoms. The summed E-state index contributed by atoms with van der Waals surface area (Å²) in [5, 5.41) is 3.13. The van der Waals surface area contributed by atoms with Gasteiger partial charge in [-0.25, -0.2) is 4.98 Å². The number of anilines is 1. The molecule has 0 aromatic carbocycles. The van der Waals surface area contributed by atoms with Gasteiger partial charge in [0.1, 0.15) is 15.8 Å². The fourth-order valence-electron chi connectivity index (χ4n) is 2.80. The number of rotatable bonds is 4. The Morgan fingerprint density at radius 1 is 1.38 bits per heavy atom. The molecule has 2 aromatic heterocycles. The van der Waals surface area contributed by atoms with Gasteiger partial charge in [0.25, 0.3) is 11.5 Å². The van der Waals surface area contributed by atoms with Gasteiger partial charge >= 0.3 is 0 Å². The van der Waals surface area contributed by atoms with Crippen molar-refractivity contribution in [3.8, 4) is 0 Å². The second kappa shape index (κ2) is 7.20. The van der Waals surface area contributed by atoms with E-state index < -0.39 is 0 Å². The van der Waals surface area contributed by atoms with Gasteiger partial charge in [0.05, 0.1) is 10.5 Å². The normalized spacial score (nSPS) is 16.3. The Kier molecular flexibility index (Phi) is 5.15. The first kappa shape index (κ1) is 18.6. The van der Waals surface area contributed by atoms with Crippen LogP contribution in [0.25, 0.3) is 11.7 Å². The number of thioether (sulfide) groups is 1. The van der Waals surface area contributed by atoms with Crippen LogP contribution in [0.1, 0.15) is 31.9 Å². The SMILES string of the molecule is CCNc1nc2c(C)cccn2c(=O)c1/C=C1/SC(=S)N(C(C)C)C1=O. The molecular weight excluding hydrogens is 368 g/mol. The summed E-state index contributed by atoms with van der Waals surface area (Å²) < 4.78 is 2.01. The Morgan fingerprint density at radius 3 is 2.73 bits per heavy atom. The van der Waals surface area contributed by atoms with E-state index in [1.54, 1.807) is 23.2 Å². The highest BCUT2D eigenvalue weighted by atomic mass is 32.2. The third kappa shape index (κ3) is 3.14. The van der Waals surface area contributed by atoms with E-state index >= 15 is 0 Å². The largest absolute Gasteiger partial charge is 0.370 e. The van der Waals surface area contributed by atoms with Crippen LogP contribution >= 0.6 is 24.0 Å². The lowest BCUT2D eigenvalue weighted by Crippen LogP contribution is -2.34. The molecule has 0 bridgehead atoms. The Labute approximate surface area is 161 Å². The number of carbonyl (C=O) groups excluding carboxylic acids is 1. The first-order chi connectivity index (χ1) is 12.3. The highest BCUT2D eigenvalue weighted by Crippen LogP contribution is 2.34. The molecule has 1 aliphatic rings. The predicted molar refractivity (Wildman–Crippen MR) is 111 cm³/mol. The van der Waals surface area contributed by atoms with Gasteiger partial charge in [-0.3, -0.25) is 18.9 Å². The highest BCUT2D eigenvalue weighted by molar-refractivity contribution is 8.26. The maximum Gasteiger partial charge on any atom is 0.267 e. The monoisotopic (exact) mass is 388 g/mol. The van der Waals surface area contributed by atoms with E-state index in [0.717, 1.165) is 5.56 Å². The standard InChI is InChI=1S/C18H20N4O2S2/c1-5-19-14-12(9-13-17(24)22(10(2)3)18(25)26-13)16(23)21-8-6-7-11(4)15(21)20-14/h6-10,19H,5H2,1-4H3/b13-9+. The number of nitrogens with zero attached hydrogens (tertiary/aromatic N) is 3. The molecule has 0 radical (unpaired) electrons. The summed E-state index contributed by atoms with van der Waals surface area (Å²) in [4.78, 5) is 32.3. The van der Waals surface area contributed by atoms with E-state index in [-0.39, 0.29) is 17.5 Å². The average molecular weight is 389 g/mol. The molecule has 1 fully saturated rings. The molecule has 26 heavy (non-hydrogen) atoms. The fourth-order valence-corrected chi connectivity index (χ4v) is 4.31. The van der Waals surface area contributed by atoms with Crippen molar-refractivity contribution in [2.45, 2.75) is 33.7 Å². The van der Waals surface area contributed by atoms with Gasteiger partial charge in [-0.15, -0.1) is 0 Å². The van der Waals surface area contributed by atoms with Crippen molar-refractivity contribution in [2.75, 3.05) is 11.9 Å². The second-order valence-corrected chi connectivity index (χ2v) is 7.92. The van der Waals surface area contributed by atoms with Crippen LogP contribution in [0, 0.1) is 6.92 Å². The Bertz CT molecular complexity index is 995. The van der Waals surface area contributed by atoms with Crippen LogP contribution in [0.2, 0.25) is 0 Å². The number of hydrogen-bond donors (Lipinski definition) is 1. The first-order valence-corrected chi connectivity index (χ1v) is 9.60. The summed E-state index contributed by atoms with van der Waals surface area (Å²) in [7, 11) is 0. The van der Waals surface area contributed by atoms with Crippen LogP contribution < -0.4 is 10.9 Å². The molecule has 1 aliphatic heterocycles. The number of nitrogens with one attached hydrogen (secondary N) is 1. The van der Waals surface area contributed by atoms with Gasteiger partial charge in [0, 0.05) is 18.8 Å². The molecule has 0 atom stereocenters. The molecule has 2 aromatic rings. The van der Waals surface area contributed by atoms with Gasteiger partial charge in [0.2, 0.25) is 0 Å². The van der Waals surface area contributed by atoms with Gasteiger partial charge in [-0.05, 0) is 45.4 Å². The second-order valence-electron chi connectivity index (χ2n) is 6.24. The fraction of sp³-hybridized carbons (Fsp3) is 0.333. The van der Waals surface area contributed by atoms with E-state index in [2.05, 4.69) is 10.3 Å². The van der Waals surface area contributed by atoms with Gasteiger partial charge in [0.15, 0.2) is 0 Å². The van der Waals surface area contributed by atoms with Crippen molar-refractivity contribution >= 4 is 51.7 Å². The zero-order valence-electron chi connectivity index (χ0n) is 15.1. The molecule has 0 saturated carbocycles. The molecule has 6 nitrogen and oxygen atoms in total. The van der Waals surface area contributed by atoms with Crippen molar-refractivity contribution in [3.05, 3.63) is 44.7 Å². The van der Waals surface area contributed by atoms with Crippen molar-refractivity contribution in [1.29, 1.82) is 0 Å². The predicted octanol–water partition coefficient (Wildman–Crippen LogP) is 3.04. The van der Waals surface area contributed by atoms with Crippen LogP contribution in [0.15, 0.2) is 28.0 Å². The maximum absolute atomic E-state index is 13.0. The minimum atomic E-state index is -0.218. The molecule has 0 unspecified atom stereocenters. The summed E-state index contributed by atoms with van der Waals surface area (Å²) in [5.41, 5.74) is 1.64. The molecule has 3 rings (SSSR count). The van der Waals surface area contributed by atoms with E-state index in [0.29, 0.717) is 32.8 Å². The average Bonchev–Trinajstić information content (AvgIpc) is 2.86. The Hall–Kier alpha value is -2.19. The van der Waals surface area contributed by atoms with Crippen LogP contribution in [-0.2, 0) is 4.79 Å². The van der Waals surface area contributed by atoms with Crippen molar-refractivity contribution in [3.63, 3.8) is 0 Å². The lowest BCUT2D eigenvalue weighted by molar-refractivity contribution is -0.123. The maximum atomic E-state index is 13.0. The number of hydrogen-bond acceptors (Lipinski definition) is 6. The molecular formula is C18H20N4O2S2. The number of fused-ring (bicyclic) bond motifs is 1. The lowest BCUT2D eigenvalue weighted by Gasteiger charge is -2.18. The van der Waals surface area contributed by atoms with Crippen LogP contribution in [0.4, 0.5) is 5.82 Å². The van der Waals surface area contributed by atoms with Crippen LogP contribution in [-0.4, -0.2) is 37.1 Å². The summed E-state index contributed by atoms with van der Waals surface area (Å²) in [6.07, 6.45) is 3.29. The van der Waals surface area contributed by atoms with Gasteiger partial charge < -0.3 is 5.32 Å². The summed E-state index contributed by atoms with van der Waals surface area (Å²) in [6, 6.07) is 3.69. The summed E-state index contributed by atoms with van der Waals surface area (Å²) >= 11 is 6.52. The molecule has 1 amide bonds. The van der Waals surface area contributed by atoms with E-state index in [4.69, 9.17) is 12.2 Å². The number of amides is 1. The number of carbonyl (C=O) groups is 1. The third-order valence-corrected chi connectivity index (χ3v) is 5.37. The molecule has 3 heterocycles. The zero-order chi connectivity index (χ0) is 19.0. The van der Waals surface area contributed by atoms with Crippen molar-refractivity contribution < 1.29 is 4.79 Å². The number of aromatic nitrogens is 2. The minimum Gasteiger partial charge on any atom is -0.370 e. The smallest absolute Gasteiger partial charge is 0.267 e. The van der Waals surface area contributed by atoms with Crippen LogP contribution in [0.3, 0.4) is 0 Å². The molecule has 1 N–H and O–H groups in total. The lowest BCUT2D eigenvalue weighted by atomic mass is 10.2. The Morgan fingerprint density at radius 2 is 2.12 bits per heavy atom. The molecule has 0 aliphatic carbocycles. The van der Waals surface area contributed by atoms with E-state index in [9.17, 15) is 9.59 Å². The minimum absolute atomic E-state index is 0.0277. The Balaban J connectivity index is 2.20. The van der Waals surface area contributed by atoms with Crippen molar-refractivity contribution in [2.24, 2.45) is 0 Å².